The molecule has 0 amide bonds. The third kappa shape index (κ3) is 2.51. The molecule has 1 aromatic heterocycles. The van der Waals surface area contributed by atoms with E-state index in [-0.39, 0.29) is 0 Å². The van der Waals surface area contributed by atoms with Crippen LogP contribution in [0.2, 0.25) is 0 Å². The molecule has 0 bridgehead atoms. The van der Waals surface area contributed by atoms with Crippen molar-refractivity contribution in [3.05, 3.63) is 18.2 Å². The summed E-state index contributed by atoms with van der Waals surface area (Å²) in [5, 5.41) is 0. The predicted molar refractivity (Wildman–Crippen MR) is 66.0 cm³/mol. The Morgan fingerprint density at radius 3 is 2.76 bits per heavy atom. The lowest BCUT2D eigenvalue weighted by atomic mass is 9.94. The van der Waals surface area contributed by atoms with Crippen LogP contribution >= 0.6 is 0 Å². The first-order chi connectivity index (χ1) is 8.26. The third-order valence-corrected chi connectivity index (χ3v) is 3.57. The second-order valence-electron chi connectivity index (χ2n) is 4.49. The Kier molecular flexibility index (Phi) is 3.82. The molecule has 0 N–H and O–H groups in total. The molecule has 0 aliphatic carbocycles. The molecule has 0 atom stereocenters. The molecule has 17 heavy (non-hydrogen) atoms. The van der Waals surface area contributed by atoms with Gasteiger partial charge in [-0.3, -0.25) is 0 Å². The molecule has 1 saturated heterocycles. The Morgan fingerprint density at radius 2 is 2.18 bits per heavy atom. The minimum Gasteiger partial charge on any atom is -0.494 e. The molecule has 0 spiro atoms. The molecule has 1 aromatic rings. The van der Waals surface area contributed by atoms with Gasteiger partial charge in [0.15, 0.2) is 0 Å². The summed E-state index contributed by atoms with van der Waals surface area (Å²) in [6, 6.07) is 1.71. The van der Waals surface area contributed by atoms with Crippen LogP contribution in [0.15, 0.2) is 12.3 Å². The Hall–Kier alpha value is -1.32. The van der Waals surface area contributed by atoms with Crippen LogP contribution in [0.25, 0.3) is 0 Å². The van der Waals surface area contributed by atoms with Gasteiger partial charge in [0.05, 0.1) is 7.11 Å². The Labute approximate surface area is 102 Å². The normalized spacial score (nSPS) is 17.2. The highest BCUT2D eigenvalue weighted by atomic mass is 19.1. The SMILES string of the molecule is CCC1CCN(c2c(OC)ccnc2F)CC1. The number of hydrogen-bond donors (Lipinski definition) is 0. The van der Waals surface area contributed by atoms with Crippen molar-refractivity contribution in [1.82, 2.24) is 4.98 Å². The third-order valence-electron chi connectivity index (χ3n) is 3.57. The van der Waals surface area contributed by atoms with E-state index in [2.05, 4.69) is 11.9 Å². The average molecular weight is 238 g/mol. The van der Waals surface area contributed by atoms with Gasteiger partial charge in [-0.25, -0.2) is 4.98 Å². The highest BCUT2D eigenvalue weighted by Crippen LogP contribution is 2.33. The average Bonchev–Trinajstić information content (AvgIpc) is 2.38. The topological polar surface area (TPSA) is 25.4 Å². The summed E-state index contributed by atoms with van der Waals surface area (Å²) in [7, 11) is 1.57. The van der Waals surface area contributed by atoms with Crippen LogP contribution in [0.3, 0.4) is 0 Å². The Balaban J connectivity index is 2.17. The first kappa shape index (κ1) is 12.1. The van der Waals surface area contributed by atoms with E-state index in [0.717, 1.165) is 31.8 Å². The fraction of sp³-hybridized carbons (Fsp3) is 0.615. The van der Waals surface area contributed by atoms with Gasteiger partial charge in [-0.1, -0.05) is 13.3 Å². The second-order valence-corrected chi connectivity index (χ2v) is 4.49. The number of pyridine rings is 1. The molecule has 1 aliphatic heterocycles. The summed E-state index contributed by atoms with van der Waals surface area (Å²) in [6.45, 7) is 3.99. The molecule has 0 unspecified atom stereocenters. The van der Waals surface area contributed by atoms with Crippen LogP contribution in [-0.4, -0.2) is 25.2 Å². The second kappa shape index (κ2) is 5.34. The van der Waals surface area contributed by atoms with Gasteiger partial charge in [-0.05, 0) is 18.8 Å². The zero-order chi connectivity index (χ0) is 12.3. The number of nitrogens with zero attached hydrogens (tertiary/aromatic N) is 2. The summed E-state index contributed by atoms with van der Waals surface area (Å²) >= 11 is 0. The highest BCUT2D eigenvalue weighted by Gasteiger charge is 2.23. The first-order valence-electron chi connectivity index (χ1n) is 6.19. The fourth-order valence-corrected chi connectivity index (χ4v) is 2.43. The van der Waals surface area contributed by atoms with Gasteiger partial charge in [0.25, 0.3) is 0 Å². The summed E-state index contributed by atoms with van der Waals surface area (Å²) in [5.74, 6) is 0.920. The van der Waals surface area contributed by atoms with Crippen LogP contribution in [-0.2, 0) is 0 Å². The van der Waals surface area contributed by atoms with Crippen molar-refractivity contribution in [1.29, 1.82) is 0 Å². The molecular formula is C13H19FN2O. The van der Waals surface area contributed by atoms with Crippen LogP contribution in [0, 0.1) is 11.9 Å². The Bertz CT molecular complexity index is 376. The van der Waals surface area contributed by atoms with E-state index in [4.69, 9.17) is 4.74 Å². The van der Waals surface area contributed by atoms with Gasteiger partial charge in [-0.15, -0.1) is 0 Å². The lowest BCUT2D eigenvalue weighted by Crippen LogP contribution is -2.34. The molecule has 3 nitrogen and oxygen atoms in total. The molecule has 94 valence electrons. The summed E-state index contributed by atoms with van der Waals surface area (Å²) in [5.41, 5.74) is 0.518. The summed E-state index contributed by atoms with van der Waals surface area (Å²) in [6.07, 6.45) is 4.89. The molecule has 1 fully saturated rings. The molecule has 0 saturated carbocycles. The largest absolute Gasteiger partial charge is 0.494 e. The minimum atomic E-state index is -0.431. The highest BCUT2D eigenvalue weighted by molar-refractivity contribution is 5.57. The quantitative estimate of drug-likeness (QED) is 0.757. The van der Waals surface area contributed by atoms with Crippen LogP contribution < -0.4 is 9.64 Å². The molecular weight excluding hydrogens is 219 g/mol. The van der Waals surface area contributed by atoms with Gasteiger partial charge in [-0.2, -0.15) is 4.39 Å². The van der Waals surface area contributed by atoms with E-state index in [1.54, 1.807) is 13.2 Å². The van der Waals surface area contributed by atoms with Gasteiger partial charge in [0, 0.05) is 25.4 Å². The number of ether oxygens (including phenoxy) is 1. The number of rotatable bonds is 3. The Morgan fingerprint density at radius 1 is 1.47 bits per heavy atom. The smallest absolute Gasteiger partial charge is 0.240 e. The van der Waals surface area contributed by atoms with Crippen molar-refractivity contribution >= 4 is 5.69 Å². The molecule has 0 radical (unpaired) electrons. The van der Waals surface area contributed by atoms with Crippen molar-refractivity contribution in [3.63, 3.8) is 0 Å². The van der Waals surface area contributed by atoms with Crippen molar-refractivity contribution in [3.8, 4) is 5.75 Å². The lowest BCUT2D eigenvalue weighted by Gasteiger charge is -2.33. The standard InChI is InChI=1S/C13H19FN2O/c1-3-10-5-8-16(9-6-10)12-11(17-2)4-7-15-13(12)14/h4,7,10H,3,5-6,8-9H2,1-2H3. The van der Waals surface area contributed by atoms with Crippen molar-refractivity contribution in [2.75, 3.05) is 25.1 Å². The maximum atomic E-state index is 13.8. The number of piperidine rings is 1. The molecule has 4 heteroatoms. The number of halogens is 1. The summed E-state index contributed by atoms with van der Waals surface area (Å²) in [4.78, 5) is 5.76. The van der Waals surface area contributed by atoms with E-state index < -0.39 is 5.95 Å². The zero-order valence-corrected chi connectivity index (χ0v) is 10.4. The van der Waals surface area contributed by atoms with E-state index in [9.17, 15) is 4.39 Å². The van der Waals surface area contributed by atoms with Crippen LogP contribution in [0.1, 0.15) is 26.2 Å². The van der Waals surface area contributed by atoms with Gasteiger partial charge >= 0.3 is 0 Å². The molecule has 2 rings (SSSR count). The minimum absolute atomic E-state index is 0.431. The number of aromatic nitrogens is 1. The predicted octanol–water partition coefficient (Wildman–Crippen LogP) is 2.86. The summed E-state index contributed by atoms with van der Waals surface area (Å²) < 4.78 is 19.0. The van der Waals surface area contributed by atoms with Crippen molar-refractivity contribution in [2.45, 2.75) is 26.2 Å². The molecule has 2 heterocycles. The number of methoxy groups -OCH3 is 1. The number of anilines is 1. The zero-order valence-electron chi connectivity index (χ0n) is 10.4. The van der Waals surface area contributed by atoms with Crippen molar-refractivity contribution in [2.24, 2.45) is 5.92 Å². The number of hydrogen-bond acceptors (Lipinski definition) is 3. The maximum absolute atomic E-state index is 13.8. The lowest BCUT2D eigenvalue weighted by molar-refractivity contribution is 0.378. The first-order valence-corrected chi connectivity index (χ1v) is 6.19. The van der Waals surface area contributed by atoms with Crippen LogP contribution in [0.4, 0.5) is 10.1 Å². The van der Waals surface area contributed by atoms with Gasteiger partial charge in [0.1, 0.15) is 11.4 Å². The van der Waals surface area contributed by atoms with Crippen molar-refractivity contribution < 1.29 is 9.13 Å². The molecule has 0 aromatic carbocycles. The van der Waals surface area contributed by atoms with E-state index in [0.29, 0.717) is 11.4 Å². The monoisotopic (exact) mass is 238 g/mol. The van der Waals surface area contributed by atoms with E-state index in [1.807, 2.05) is 4.90 Å². The molecule has 1 aliphatic rings. The van der Waals surface area contributed by atoms with Gasteiger partial charge in [0.2, 0.25) is 5.95 Å². The fourth-order valence-electron chi connectivity index (χ4n) is 2.43. The maximum Gasteiger partial charge on any atom is 0.240 e. The van der Waals surface area contributed by atoms with E-state index in [1.165, 1.54) is 12.6 Å². The van der Waals surface area contributed by atoms with Gasteiger partial charge < -0.3 is 9.64 Å². The van der Waals surface area contributed by atoms with Crippen LogP contribution in [0.5, 0.6) is 5.75 Å². The van der Waals surface area contributed by atoms with E-state index >= 15 is 0 Å².